The first-order valence-corrected chi connectivity index (χ1v) is 9.52. The molecule has 0 N–H and O–H groups in total. The van der Waals surface area contributed by atoms with E-state index in [1.165, 1.54) is 22.2 Å². The molecule has 0 bridgehead atoms. The lowest BCUT2D eigenvalue weighted by Crippen LogP contribution is -2.36. The molecule has 0 unspecified atom stereocenters. The molecule has 0 radical (unpaired) electrons. The highest BCUT2D eigenvalue weighted by Gasteiger charge is 2.15. The Labute approximate surface area is 167 Å². The lowest BCUT2D eigenvalue weighted by atomic mass is 10.2. The second kappa shape index (κ2) is 8.67. The van der Waals surface area contributed by atoms with Crippen LogP contribution < -0.4 is 10.3 Å². The average Bonchev–Trinajstić information content (AvgIpc) is 3.15. The fourth-order valence-electron chi connectivity index (χ4n) is 2.79. The number of ether oxygens (including phenoxy) is 1. The predicted molar refractivity (Wildman–Crippen MR) is 113 cm³/mol. The van der Waals surface area contributed by atoms with Gasteiger partial charge in [-0.15, -0.1) is 24.5 Å². The number of methoxy groups -OCH3 is 1. The highest BCUT2D eigenvalue weighted by atomic mass is 32.1. The summed E-state index contributed by atoms with van der Waals surface area (Å²) >= 11 is 1.37. The van der Waals surface area contributed by atoms with Crippen molar-refractivity contribution in [3.63, 3.8) is 0 Å². The standard InChI is InChI=1S/C21H21N3O3S/c1-4-10-23(11-5-2)19(25)13-24-14-22-17-12-18(28-20(17)21(24)26)15-6-8-16(27-3)9-7-15/h4-9,12,14H,1-2,10-11,13H2,3H3. The van der Waals surface area contributed by atoms with Gasteiger partial charge in [-0.25, -0.2) is 4.98 Å². The van der Waals surface area contributed by atoms with Crippen LogP contribution in [0.2, 0.25) is 0 Å². The molecule has 0 aliphatic heterocycles. The highest BCUT2D eigenvalue weighted by Crippen LogP contribution is 2.31. The number of carbonyl (C=O) groups is 1. The Balaban J connectivity index is 1.90. The molecule has 7 heteroatoms. The maximum absolute atomic E-state index is 12.8. The van der Waals surface area contributed by atoms with E-state index in [2.05, 4.69) is 18.1 Å². The van der Waals surface area contributed by atoms with Crippen LogP contribution in [0.15, 0.2) is 66.8 Å². The van der Waals surface area contributed by atoms with Crippen LogP contribution in [0.25, 0.3) is 20.7 Å². The molecule has 3 aromatic rings. The molecule has 0 aliphatic carbocycles. The van der Waals surface area contributed by atoms with Crippen LogP contribution in [-0.4, -0.2) is 40.6 Å². The zero-order chi connectivity index (χ0) is 20.1. The molecule has 3 rings (SSSR count). The topological polar surface area (TPSA) is 64.4 Å². The van der Waals surface area contributed by atoms with Crippen molar-refractivity contribution in [1.82, 2.24) is 14.5 Å². The smallest absolute Gasteiger partial charge is 0.271 e. The van der Waals surface area contributed by atoms with Gasteiger partial charge in [0.05, 0.1) is 19.0 Å². The summed E-state index contributed by atoms with van der Waals surface area (Å²) in [5.74, 6) is 0.586. The highest BCUT2D eigenvalue weighted by molar-refractivity contribution is 7.22. The van der Waals surface area contributed by atoms with E-state index >= 15 is 0 Å². The van der Waals surface area contributed by atoms with Gasteiger partial charge in [-0.1, -0.05) is 12.2 Å². The number of fused-ring (bicyclic) bond motifs is 1. The van der Waals surface area contributed by atoms with E-state index in [9.17, 15) is 9.59 Å². The normalized spacial score (nSPS) is 10.6. The molecule has 0 saturated heterocycles. The second-order valence-electron chi connectivity index (χ2n) is 6.11. The number of benzene rings is 1. The summed E-state index contributed by atoms with van der Waals surface area (Å²) in [5, 5.41) is 0. The van der Waals surface area contributed by atoms with Gasteiger partial charge >= 0.3 is 0 Å². The number of carbonyl (C=O) groups excluding carboxylic acids is 1. The van der Waals surface area contributed by atoms with E-state index in [1.807, 2.05) is 30.3 Å². The Morgan fingerprint density at radius 2 is 1.93 bits per heavy atom. The minimum Gasteiger partial charge on any atom is -0.497 e. The van der Waals surface area contributed by atoms with Crippen molar-refractivity contribution in [2.45, 2.75) is 6.54 Å². The molecule has 0 fully saturated rings. The first-order valence-electron chi connectivity index (χ1n) is 8.70. The molecule has 2 aromatic heterocycles. The van der Waals surface area contributed by atoms with Crippen LogP contribution in [0.4, 0.5) is 0 Å². The quantitative estimate of drug-likeness (QED) is 0.549. The van der Waals surface area contributed by atoms with Gasteiger partial charge in [0.1, 0.15) is 17.0 Å². The lowest BCUT2D eigenvalue weighted by molar-refractivity contribution is -0.130. The lowest BCUT2D eigenvalue weighted by Gasteiger charge is -2.19. The third-order valence-corrected chi connectivity index (χ3v) is 5.40. The van der Waals surface area contributed by atoms with Crippen LogP contribution in [0, 0.1) is 0 Å². The third-order valence-electron chi connectivity index (χ3n) is 4.24. The molecule has 1 amide bonds. The molecule has 1 aromatic carbocycles. The van der Waals surface area contributed by atoms with Gasteiger partial charge in [0.25, 0.3) is 5.56 Å². The van der Waals surface area contributed by atoms with Crippen LogP contribution in [-0.2, 0) is 11.3 Å². The summed E-state index contributed by atoms with van der Waals surface area (Å²) in [5.41, 5.74) is 1.38. The van der Waals surface area contributed by atoms with E-state index in [4.69, 9.17) is 4.74 Å². The van der Waals surface area contributed by atoms with Gasteiger partial charge < -0.3 is 9.64 Å². The fourth-order valence-corrected chi connectivity index (χ4v) is 3.86. The van der Waals surface area contributed by atoms with Gasteiger partial charge in [-0.3, -0.25) is 14.2 Å². The van der Waals surface area contributed by atoms with E-state index in [0.717, 1.165) is 16.2 Å². The minimum atomic E-state index is -0.222. The zero-order valence-corrected chi connectivity index (χ0v) is 16.4. The molecule has 2 heterocycles. The second-order valence-corrected chi connectivity index (χ2v) is 7.16. The maximum atomic E-state index is 12.8. The Hall–Kier alpha value is -3.19. The summed E-state index contributed by atoms with van der Waals surface area (Å²) in [4.78, 5) is 32.2. The van der Waals surface area contributed by atoms with Crippen molar-refractivity contribution in [1.29, 1.82) is 0 Å². The number of rotatable bonds is 8. The van der Waals surface area contributed by atoms with Crippen LogP contribution in [0.3, 0.4) is 0 Å². The van der Waals surface area contributed by atoms with Gasteiger partial charge in [0.15, 0.2) is 0 Å². The fraction of sp³-hybridized carbons (Fsp3) is 0.190. The summed E-state index contributed by atoms with van der Waals surface area (Å²) in [6.45, 7) is 8.04. The average molecular weight is 395 g/mol. The van der Waals surface area contributed by atoms with Gasteiger partial charge in [-0.05, 0) is 35.9 Å². The van der Waals surface area contributed by atoms with Crippen LogP contribution in [0.5, 0.6) is 5.75 Å². The first kappa shape index (κ1) is 19.6. The van der Waals surface area contributed by atoms with Gasteiger partial charge in [0, 0.05) is 18.0 Å². The van der Waals surface area contributed by atoms with Gasteiger partial charge in [0.2, 0.25) is 5.91 Å². The zero-order valence-electron chi connectivity index (χ0n) is 15.6. The molecular formula is C21H21N3O3S. The van der Waals surface area contributed by atoms with Gasteiger partial charge in [-0.2, -0.15) is 0 Å². The molecular weight excluding hydrogens is 374 g/mol. The van der Waals surface area contributed by atoms with Crippen molar-refractivity contribution in [3.8, 4) is 16.2 Å². The molecule has 0 aliphatic rings. The molecule has 0 spiro atoms. The number of amides is 1. The summed E-state index contributed by atoms with van der Waals surface area (Å²) < 4.78 is 7.05. The van der Waals surface area contributed by atoms with Crippen molar-refractivity contribution >= 4 is 27.5 Å². The van der Waals surface area contributed by atoms with E-state index in [0.29, 0.717) is 23.3 Å². The monoisotopic (exact) mass is 395 g/mol. The number of aromatic nitrogens is 2. The van der Waals surface area contributed by atoms with E-state index in [-0.39, 0.29) is 18.0 Å². The Kier molecular flexibility index (Phi) is 6.06. The Morgan fingerprint density at radius 1 is 1.25 bits per heavy atom. The first-order chi connectivity index (χ1) is 13.6. The van der Waals surface area contributed by atoms with Crippen molar-refractivity contribution < 1.29 is 9.53 Å². The summed E-state index contributed by atoms with van der Waals surface area (Å²) in [6, 6.07) is 9.51. The molecule has 6 nitrogen and oxygen atoms in total. The van der Waals surface area contributed by atoms with Crippen LogP contribution >= 0.6 is 11.3 Å². The summed E-state index contributed by atoms with van der Waals surface area (Å²) in [6.07, 6.45) is 4.71. The molecule has 144 valence electrons. The predicted octanol–water partition coefficient (Wildman–Crippen LogP) is 3.33. The molecule has 0 atom stereocenters. The van der Waals surface area contributed by atoms with E-state index in [1.54, 1.807) is 24.2 Å². The SMILES string of the molecule is C=CCN(CC=C)C(=O)Cn1cnc2cc(-c3ccc(OC)cc3)sc2c1=O. The van der Waals surface area contributed by atoms with Crippen molar-refractivity contribution in [3.05, 3.63) is 72.3 Å². The summed E-state index contributed by atoms with van der Waals surface area (Å²) in [7, 11) is 1.62. The number of hydrogen-bond donors (Lipinski definition) is 0. The van der Waals surface area contributed by atoms with Crippen LogP contribution in [0.1, 0.15) is 0 Å². The van der Waals surface area contributed by atoms with E-state index < -0.39 is 0 Å². The van der Waals surface area contributed by atoms with Crippen molar-refractivity contribution in [2.24, 2.45) is 0 Å². The van der Waals surface area contributed by atoms with Crippen molar-refractivity contribution in [2.75, 3.05) is 20.2 Å². The Bertz CT molecular complexity index is 1060. The maximum Gasteiger partial charge on any atom is 0.271 e. The molecule has 28 heavy (non-hydrogen) atoms. The number of hydrogen-bond acceptors (Lipinski definition) is 5. The third kappa shape index (κ3) is 4.04. The minimum absolute atomic E-state index is 0.0702. The number of thiophene rings is 1. The molecule has 0 saturated carbocycles. The number of nitrogens with zero attached hydrogens (tertiary/aromatic N) is 3. The largest absolute Gasteiger partial charge is 0.497 e. The Morgan fingerprint density at radius 3 is 2.54 bits per heavy atom.